The molecule has 0 fully saturated rings. The van der Waals surface area contributed by atoms with Crippen molar-refractivity contribution in [3.8, 4) is 5.75 Å². The molecule has 1 amide bonds. The van der Waals surface area contributed by atoms with Gasteiger partial charge in [-0.2, -0.15) is 0 Å². The van der Waals surface area contributed by atoms with Gasteiger partial charge in [-0.15, -0.1) is 0 Å². The van der Waals surface area contributed by atoms with Crippen molar-refractivity contribution in [1.82, 2.24) is 4.98 Å². The number of hydrogen-bond acceptors (Lipinski definition) is 4. The summed E-state index contributed by atoms with van der Waals surface area (Å²) in [4.78, 5) is 15.7. The van der Waals surface area contributed by atoms with Gasteiger partial charge in [0.05, 0.1) is 18.5 Å². The van der Waals surface area contributed by atoms with E-state index >= 15 is 0 Å². The van der Waals surface area contributed by atoms with Gasteiger partial charge in [-0.3, -0.25) is 9.78 Å². The fourth-order valence-electron chi connectivity index (χ4n) is 1.64. The number of nitrogens with zero attached hydrogens (tertiary/aromatic N) is 1. The van der Waals surface area contributed by atoms with Crippen LogP contribution in [0.2, 0.25) is 0 Å². The Bertz CT molecular complexity index is 582. The van der Waals surface area contributed by atoms with Gasteiger partial charge in [0.1, 0.15) is 5.75 Å². The molecule has 5 heteroatoms. The molecule has 0 bridgehead atoms. The first-order valence-corrected chi connectivity index (χ1v) is 6.22. The first kappa shape index (κ1) is 14.0. The van der Waals surface area contributed by atoms with E-state index in [0.717, 1.165) is 5.56 Å². The molecule has 0 spiro atoms. The van der Waals surface area contributed by atoms with Crippen LogP contribution in [0.4, 0.5) is 5.69 Å². The highest BCUT2D eigenvalue weighted by Gasteiger charge is 2.07. The lowest BCUT2D eigenvalue weighted by atomic mass is 10.2. The molecular formula is C15H16N2O3. The van der Waals surface area contributed by atoms with E-state index in [0.29, 0.717) is 17.0 Å². The third kappa shape index (κ3) is 3.80. The lowest BCUT2D eigenvalue weighted by molar-refractivity contribution is -0.118. The normalized spacial score (nSPS) is 10.1. The first-order valence-electron chi connectivity index (χ1n) is 6.22. The summed E-state index contributed by atoms with van der Waals surface area (Å²) in [7, 11) is 0. The van der Waals surface area contributed by atoms with Crippen LogP contribution in [0, 0.1) is 6.92 Å². The summed E-state index contributed by atoms with van der Waals surface area (Å²) in [5.41, 5.74) is 2.24. The molecule has 104 valence electrons. The number of nitrogens with one attached hydrogen (secondary N) is 1. The van der Waals surface area contributed by atoms with Gasteiger partial charge in [0.25, 0.3) is 5.91 Å². The zero-order valence-corrected chi connectivity index (χ0v) is 11.2. The summed E-state index contributed by atoms with van der Waals surface area (Å²) in [5, 5.41) is 11.8. The van der Waals surface area contributed by atoms with Crippen LogP contribution < -0.4 is 10.1 Å². The molecule has 2 N–H and O–H groups in total. The molecule has 0 unspecified atom stereocenters. The largest absolute Gasteiger partial charge is 0.484 e. The van der Waals surface area contributed by atoms with Crippen molar-refractivity contribution in [2.24, 2.45) is 0 Å². The van der Waals surface area contributed by atoms with Crippen molar-refractivity contribution in [3.63, 3.8) is 0 Å². The Labute approximate surface area is 117 Å². The Kier molecular flexibility index (Phi) is 4.68. The molecule has 0 saturated heterocycles. The first-order chi connectivity index (χ1) is 9.69. The molecule has 20 heavy (non-hydrogen) atoms. The van der Waals surface area contributed by atoms with E-state index in [1.165, 1.54) is 6.20 Å². The number of anilines is 1. The van der Waals surface area contributed by atoms with Crippen molar-refractivity contribution in [3.05, 3.63) is 53.9 Å². The van der Waals surface area contributed by atoms with Crippen molar-refractivity contribution < 1.29 is 14.6 Å². The minimum atomic E-state index is -0.298. The van der Waals surface area contributed by atoms with Crippen molar-refractivity contribution in [2.45, 2.75) is 13.5 Å². The molecule has 2 aromatic rings. The Morgan fingerprint density at radius 2 is 2.05 bits per heavy atom. The molecule has 0 aliphatic rings. The average molecular weight is 272 g/mol. The number of amides is 1. The van der Waals surface area contributed by atoms with E-state index in [2.05, 4.69) is 10.3 Å². The third-order valence-electron chi connectivity index (χ3n) is 2.75. The average Bonchev–Trinajstić information content (AvgIpc) is 2.47. The second kappa shape index (κ2) is 6.68. The SMILES string of the molecule is Cc1ccc(OCC(=O)Nc2cnccc2CO)cc1. The molecule has 0 radical (unpaired) electrons. The number of carbonyl (C=O) groups is 1. The van der Waals surface area contributed by atoms with Gasteiger partial charge in [-0.1, -0.05) is 17.7 Å². The Morgan fingerprint density at radius 1 is 1.30 bits per heavy atom. The Balaban J connectivity index is 1.91. The van der Waals surface area contributed by atoms with Crippen molar-refractivity contribution in [2.75, 3.05) is 11.9 Å². The van der Waals surface area contributed by atoms with E-state index in [1.807, 2.05) is 31.2 Å². The van der Waals surface area contributed by atoms with Gasteiger partial charge in [0.2, 0.25) is 0 Å². The zero-order chi connectivity index (χ0) is 14.4. The highest BCUT2D eigenvalue weighted by Crippen LogP contribution is 2.14. The van der Waals surface area contributed by atoms with Crippen LogP contribution in [0.5, 0.6) is 5.75 Å². The van der Waals surface area contributed by atoms with Crippen LogP contribution in [0.25, 0.3) is 0 Å². The summed E-state index contributed by atoms with van der Waals surface area (Å²) in [5.74, 6) is 0.340. The summed E-state index contributed by atoms with van der Waals surface area (Å²) in [6.07, 6.45) is 3.05. The molecule has 1 aromatic heterocycles. The molecular weight excluding hydrogens is 256 g/mol. The number of aliphatic hydroxyl groups is 1. The second-order valence-corrected chi connectivity index (χ2v) is 4.34. The molecule has 2 rings (SSSR count). The molecule has 0 aliphatic heterocycles. The fourth-order valence-corrected chi connectivity index (χ4v) is 1.64. The predicted molar refractivity (Wildman–Crippen MR) is 75.5 cm³/mol. The third-order valence-corrected chi connectivity index (χ3v) is 2.75. The number of aromatic nitrogens is 1. The molecule has 0 atom stereocenters. The van der Waals surface area contributed by atoms with Gasteiger partial charge < -0.3 is 15.2 Å². The van der Waals surface area contributed by atoms with E-state index in [1.54, 1.807) is 12.3 Å². The van der Waals surface area contributed by atoms with Crippen LogP contribution in [0.3, 0.4) is 0 Å². The van der Waals surface area contributed by atoms with E-state index in [9.17, 15) is 4.79 Å². The number of aliphatic hydroxyl groups excluding tert-OH is 1. The highest BCUT2D eigenvalue weighted by molar-refractivity contribution is 5.92. The van der Waals surface area contributed by atoms with Crippen LogP contribution in [-0.2, 0) is 11.4 Å². The van der Waals surface area contributed by atoms with Crippen LogP contribution in [0.1, 0.15) is 11.1 Å². The Morgan fingerprint density at radius 3 is 2.75 bits per heavy atom. The standard InChI is InChI=1S/C15H16N2O3/c1-11-2-4-13(5-3-11)20-10-15(19)17-14-8-16-7-6-12(14)9-18/h2-8,18H,9-10H2,1H3,(H,17,19). The number of benzene rings is 1. The maximum atomic E-state index is 11.8. The molecule has 0 aliphatic carbocycles. The maximum Gasteiger partial charge on any atom is 0.262 e. The lowest BCUT2D eigenvalue weighted by Crippen LogP contribution is -2.21. The fraction of sp³-hybridized carbons (Fsp3) is 0.200. The summed E-state index contributed by atoms with van der Waals surface area (Å²) in [6, 6.07) is 9.10. The lowest BCUT2D eigenvalue weighted by Gasteiger charge is -2.09. The van der Waals surface area contributed by atoms with Gasteiger partial charge >= 0.3 is 0 Å². The minimum absolute atomic E-state index is 0.0944. The smallest absolute Gasteiger partial charge is 0.262 e. The van der Waals surface area contributed by atoms with Crippen molar-refractivity contribution in [1.29, 1.82) is 0 Å². The summed E-state index contributed by atoms with van der Waals surface area (Å²) in [6.45, 7) is 1.73. The maximum absolute atomic E-state index is 11.8. The predicted octanol–water partition coefficient (Wildman–Crippen LogP) is 1.90. The highest BCUT2D eigenvalue weighted by atomic mass is 16.5. The Hall–Kier alpha value is -2.40. The van der Waals surface area contributed by atoms with E-state index < -0.39 is 0 Å². The zero-order valence-electron chi connectivity index (χ0n) is 11.2. The van der Waals surface area contributed by atoms with Crippen molar-refractivity contribution >= 4 is 11.6 Å². The van der Waals surface area contributed by atoms with Crippen LogP contribution in [-0.4, -0.2) is 22.6 Å². The van der Waals surface area contributed by atoms with Gasteiger partial charge in [0.15, 0.2) is 6.61 Å². The second-order valence-electron chi connectivity index (χ2n) is 4.34. The number of carbonyl (C=O) groups excluding carboxylic acids is 1. The van der Waals surface area contributed by atoms with Gasteiger partial charge in [-0.25, -0.2) is 0 Å². The summed E-state index contributed by atoms with van der Waals surface area (Å²) < 4.78 is 5.37. The minimum Gasteiger partial charge on any atom is -0.484 e. The number of aryl methyl sites for hydroxylation is 1. The quantitative estimate of drug-likeness (QED) is 0.872. The topological polar surface area (TPSA) is 71.5 Å². The molecule has 5 nitrogen and oxygen atoms in total. The van der Waals surface area contributed by atoms with Gasteiger partial charge in [0, 0.05) is 11.8 Å². The number of pyridine rings is 1. The van der Waals surface area contributed by atoms with E-state index in [4.69, 9.17) is 9.84 Å². The molecule has 0 saturated carbocycles. The molecule has 1 heterocycles. The van der Waals surface area contributed by atoms with Gasteiger partial charge in [-0.05, 0) is 25.1 Å². The summed E-state index contributed by atoms with van der Waals surface area (Å²) >= 11 is 0. The van der Waals surface area contributed by atoms with Crippen LogP contribution in [0.15, 0.2) is 42.7 Å². The van der Waals surface area contributed by atoms with Crippen LogP contribution >= 0.6 is 0 Å². The monoisotopic (exact) mass is 272 g/mol. The molecule has 1 aromatic carbocycles. The van der Waals surface area contributed by atoms with E-state index in [-0.39, 0.29) is 19.1 Å². The number of rotatable bonds is 5. The number of hydrogen-bond donors (Lipinski definition) is 2. The number of ether oxygens (including phenoxy) is 1.